The van der Waals surface area contributed by atoms with Crippen molar-refractivity contribution in [3.8, 4) is 0 Å². The minimum atomic E-state index is -4.32. The first-order valence-electron chi connectivity index (χ1n) is 6.04. The molecule has 0 fully saturated rings. The molecule has 0 rings (SSSR count). The van der Waals surface area contributed by atoms with E-state index in [0.29, 0.717) is 25.7 Å². The summed E-state index contributed by atoms with van der Waals surface area (Å²) < 4.78 is 16.5. The predicted octanol–water partition coefficient (Wildman–Crippen LogP) is 2.46. The molecule has 0 radical (unpaired) electrons. The molecule has 0 amide bonds. The van der Waals surface area contributed by atoms with Gasteiger partial charge >= 0.3 is 13.6 Å². The van der Waals surface area contributed by atoms with Gasteiger partial charge in [0.15, 0.2) is 0 Å². The Morgan fingerprint density at radius 2 is 1.65 bits per heavy atom. The highest BCUT2D eigenvalue weighted by Crippen LogP contribution is 2.57. The first-order valence-corrected chi connectivity index (χ1v) is 7.65. The maximum absolute atomic E-state index is 11.7. The van der Waals surface area contributed by atoms with Crippen LogP contribution < -0.4 is 0 Å². The molecular weight excluding hydrogens is 243 g/mol. The number of carbonyl (C=O) groups is 1. The first-order chi connectivity index (χ1) is 7.83. The van der Waals surface area contributed by atoms with Crippen LogP contribution in [0, 0.1) is 0 Å². The largest absolute Gasteiger partial charge is 0.466 e. The Morgan fingerprint density at radius 1 is 1.18 bits per heavy atom. The summed E-state index contributed by atoms with van der Waals surface area (Å²) in [6.07, 6.45) is 1.73. The molecule has 2 N–H and O–H groups in total. The average molecular weight is 266 g/mol. The Morgan fingerprint density at radius 3 is 1.94 bits per heavy atom. The number of carbonyl (C=O) groups excluding carboxylic acids is 1. The maximum Gasteiger partial charge on any atom is 0.332 e. The topological polar surface area (TPSA) is 83.8 Å². The Kier molecular flexibility index (Phi) is 6.98. The van der Waals surface area contributed by atoms with Crippen molar-refractivity contribution in [2.45, 2.75) is 58.0 Å². The highest BCUT2D eigenvalue weighted by atomic mass is 31.2. The molecule has 0 aromatic rings. The Labute approximate surface area is 103 Å². The van der Waals surface area contributed by atoms with Gasteiger partial charge in [0, 0.05) is 0 Å². The number of hydrogen-bond donors (Lipinski definition) is 2. The van der Waals surface area contributed by atoms with Gasteiger partial charge in [-0.05, 0) is 19.8 Å². The van der Waals surface area contributed by atoms with Crippen molar-refractivity contribution in [1.29, 1.82) is 0 Å². The van der Waals surface area contributed by atoms with Gasteiger partial charge in [-0.2, -0.15) is 0 Å². The Bertz CT molecular complexity index is 278. The molecule has 0 unspecified atom stereocenters. The lowest BCUT2D eigenvalue weighted by molar-refractivity contribution is -0.144. The third kappa shape index (κ3) is 4.78. The Hall–Kier alpha value is -0.380. The summed E-state index contributed by atoms with van der Waals surface area (Å²) in [4.78, 5) is 30.5. The van der Waals surface area contributed by atoms with Crippen LogP contribution in [0.4, 0.5) is 0 Å². The minimum Gasteiger partial charge on any atom is -0.466 e. The molecule has 0 saturated carbocycles. The molecule has 0 aliphatic heterocycles. The summed E-state index contributed by atoms with van der Waals surface area (Å²) in [6, 6.07) is 0. The van der Waals surface area contributed by atoms with Crippen LogP contribution >= 0.6 is 7.60 Å². The fourth-order valence-electron chi connectivity index (χ4n) is 2.11. The second-order valence-electron chi connectivity index (χ2n) is 4.25. The molecule has 0 heterocycles. The summed E-state index contributed by atoms with van der Waals surface area (Å²) in [5, 5.41) is -1.25. The molecule has 6 heteroatoms. The average Bonchev–Trinajstić information content (AvgIpc) is 2.16. The van der Waals surface area contributed by atoms with Crippen LogP contribution in [-0.2, 0) is 14.1 Å². The number of esters is 1. The van der Waals surface area contributed by atoms with Crippen molar-refractivity contribution in [3.63, 3.8) is 0 Å². The van der Waals surface area contributed by atoms with Crippen LogP contribution in [-0.4, -0.2) is 27.5 Å². The van der Waals surface area contributed by atoms with Crippen molar-refractivity contribution in [1.82, 2.24) is 0 Å². The summed E-state index contributed by atoms with van der Waals surface area (Å²) in [7, 11) is -4.32. The van der Waals surface area contributed by atoms with Gasteiger partial charge in [0.2, 0.25) is 0 Å². The van der Waals surface area contributed by atoms with Gasteiger partial charge in [-0.15, -0.1) is 0 Å². The molecule has 5 nitrogen and oxygen atoms in total. The minimum absolute atomic E-state index is 0.202. The quantitative estimate of drug-likeness (QED) is 0.520. The summed E-state index contributed by atoms with van der Waals surface area (Å²) in [5.41, 5.74) is 0. The molecular formula is C11H23O5P. The zero-order valence-corrected chi connectivity index (χ0v) is 11.7. The summed E-state index contributed by atoms with van der Waals surface area (Å²) >= 11 is 0. The van der Waals surface area contributed by atoms with Crippen molar-refractivity contribution in [2.24, 2.45) is 0 Å². The van der Waals surface area contributed by atoms with Crippen LogP contribution in [0.2, 0.25) is 0 Å². The standard InChI is InChI=1S/C11H23O5P/c1-4-7-11(8-5-2,17(13,14)15)9-10(12)16-6-3/h4-9H2,1-3H3,(H2,13,14,15). The van der Waals surface area contributed by atoms with Crippen LogP contribution in [0.1, 0.15) is 52.9 Å². The fraction of sp³-hybridized carbons (Fsp3) is 0.909. The molecule has 0 aromatic carbocycles. The van der Waals surface area contributed by atoms with E-state index < -0.39 is 18.7 Å². The fourth-order valence-corrected chi connectivity index (χ4v) is 3.47. The van der Waals surface area contributed by atoms with Gasteiger partial charge in [0.25, 0.3) is 0 Å². The van der Waals surface area contributed by atoms with Crippen molar-refractivity contribution >= 4 is 13.6 Å². The highest BCUT2D eigenvalue weighted by Gasteiger charge is 2.47. The van der Waals surface area contributed by atoms with Gasteiger partial charge in [-0.1, -0.05) is 26.7 Å². The third-order valence-electron chi connectivity index (χ3n) is 2.83. The lowest BCUT2D eigenvalue weighted by Crippen LogP contribution is -2.32. The lowest BCUT2D eigenvalue weighted by Gasteiger charge is -2.33. The molecule has 0 atom stereocenters. The van der Waals surface area contributed by atoms with E-state index in [-0.39, 0.29) is 13.0 Å². The van der Waals surface area contributed by atoms with Crippen molar-refractivity contribution in [2.75, 3.05) is 6.61 Å². The second kappa shape index (κ2) is 7.14. The van der Waals surface area contributed by atoms with Crippen LogP contribution in [0.3, 0.4) is 0 Å². The van der Waals surface area contributed by atoms with Crippen LogP contribution in [0.5, 0.6) is 0 Å². The maximum atomic E-state index is 11.7. The van der Waals surface area contributed by atoms with E-state index in [1.807, 2.05) is 13.8 Å². The van der Waals surface area contributed by atoms with Gasteiger partial charge in [0.1, 0.15) is 0 Å². The van der Waals surface area contributed by atoms with Crippen LogP contribution in [0.25, 0.3) is 0 Å². The van der Waals surface area contributed by atoms with E-state index in [9.17, 15) is 19.1 Å². The van der Waals surface area contributed by atoms with E-state index in [2.05, 4.69) is 0 Å². The van der Waals surface area contributed by atoms with E-state index >= 15 is 0 Å². The molecule has 0 saturated heterocycles. The zero-order chi connectivity index (χ0) is 13.5. The van der Waals surface area contributed by atoms with E-state index in [0.717, 1.165) is 0 Å². The Balaban J connectivity index is 5.04. The van der Waals surface area contributed by atoms with Gasteiger partial charge < -0.3 is 14.5 Å². The van der Waals surface area contributed by atoms with E-state index in [1.54, 1.807) is 6.92 Å². The summed E-state index contributed by atoms with van der Waals surface area (Å²) in [6.45, 7) is 5.61. The molecule has 102 valence electrons. The highest BCUT2D eigenvalue weighted by molar-refractivity contribution is 7.53. The van der Waals surface area contributed by atoms with Gasteiger partial charge in [0.05, 0.1) is 18.2 Å². The molecule has 0 aromatic heterocycles. The third-order valence-corrected chi connectivity index (χ3v) is 4.67. The second-order valence-corrected chi connectivity index (χ2v) is 6.29. The van der Waals surface area contributed by atoms with Gasteiger partial charge in [-0.25, -0.2) is 0 Å². The first kappa shape index (κ1) is 16.6. The van der Waals surface area contributed by atoms with E-state index in [1.165, 1.54) is 0 Å². The monoisotopic (exact) mass is 266 g/mol. The van der Waals surface area contributed by atoms with Crippen LogP contribution in [0.15, 0.2) is 0 Å². The zero-order valence-electron chi connectivity index (χ0n) is 10.8. The number of rotatable bonds is 8. The molecule has 0 spiro atoms. The van der Waals surface area contributed by atoms with Crippen molar-refractivity contribution < 1.29 is 23.9 Å². The molecule has 0 aliphatic carbocycles. The molecule has 0 aliphatic rings. The normalized spacial score (nSPS) is 12.5. The summed E-state index contributed by atoms with van der Waals surface area (Å²) in [5.74, 6) is -0.530. The van der Waals surface area contributed by atoms with Crippen molar-refractivity contribution in [3.05, 3.63) is 0 Å². The van der Waals surface area contributed by atoms with Gasteiger partial charge in [-0.3, -0.25) is 9.36 Å². The SMILES string of the molecule is CCCC(CCC)(CC(=O)OCC)P(=O)(O)O. The molecule has 17 heavy (non-hydrogen) atoms. The molecule has 0 bridgehead atoms. The number of hydrogen-bond acceptors (Lipinski definition) is 3. The number of ether oxygens (including phenoxy) is 1. The smallest absolute Gasteiger partial charge is 0.332 e. The predicted molar refractivity (Wildman–Crippen MR) is 65.8 cm³/mol. The van der Waals surface area contributed by atoms with E-state index in [4.69, 9.17) is 4.74 Å². The lowest BCUT2D eigenvalue weighted by atomic mass is 9.93.